The average molecular weight is 360 g/mol. The molecule has 0 amide bonds. The molecule has 0 saturated heterocycles. The lowest BCUT2D eigenvalue weighted by Gasteiger charge is -2.35. The van der Waals surface area contributed by atoms with E-state index in [1.165, 1.54) is 27.1 Å². The van der Waals surface area contributed by atoms with Crippen molar-refractivity contribution in [2.45, 2.75) is 25.9 Å². The van der Waals surface area contributed by atoms with Gasteiger partial charge >= 0.3 is 0 Å². The first-order valence-electron chi connectivity index (χ1n) is 8.94. The van der Waals surface area contributed by atoms with Gasteiger partial charge in [0, 0.05) is 41.7 Å². The third kappa shape index (κ3) is 2.55. The Hall–Kier alpha value is -2.50. The maximum atomic E-state index is 4.71. The molecule has 4 aromatic rings. The third-order valence-electron chi connectivity index (χ3n) is 5.31. The number of aromatic amines is 1. The van der Waals surface area contributed by atoms with Crippen LogP contribution < -0.4 is 0 Å². The SMILES string of the molecule is Cc1ccsc1CN1CCc2[nH]cnc2[C@H]1c1cccc2ncccc12. The summed E-state index contributed by atoms with van der Waals surface area (Å²) in [6.45, 7) is 4.18. The van der Waals surface area contributed by atoms with E-state index in [4.69, 9.17) is 4.98 Å². The van der Waals surface area contributed by atoms with E-state index >= 15 is 0 Å². The van der Waals surface area contributed by atoms with Crippen LogP contribution in [0.3, 0.4) is 0 Å². The summed E-state index contributed by atoms with van der Waals surface area (Å²) in [6.07, 6.45) is 4.71. The number of imidazole rings is 1. The molecule has 1 aliphatic rings. The van der Waals surface area contributed by atoms with Crippen molar-refractivity contribution in [3.8, 4) is 0 Å². The number of fused-ring (bicyclic) bond motifs is 2. The summed E-state index contributed by atoms with van der Waals surface area (Å²) in [5.41, 5.74) is 6.12. The number of nitrogens with zero attached hydrogens (tertiary/aromatic N) is 3. The molecule has 1 N–H and O–H groups in total. The first kappa shape index (κ1) is 15.7. The van der Waals surface area contributed by atoms with Crippen molar-refractivity contribution >= 4 is 22.2 Å². The maximum Gasteiger partial charge on any atom is 0.0926 e. The van der Waals surface area contributed by atoms with Crippen LogP contribution in [-0.2, 0) is 13.0 Å². The summed E-state index contributed by atoms with van der Waals surface area (Å²) in [5, 5.41) is 3.40. The van der Waals surface area contributed by atoms with Crippen LogP contribution in [0.15, 0.2) is 54.3 Å². The monoisotopic (exact) mass is 360 g/mol. The number of hydrogen-bond donors (Lipinski definition) is 1. The van der Waals surface area contributed by atoms with Gasteiger partial charge in [0.05, 0.1) is 23.6 Å². The van der Waals surface area contributed by atoms with Crippen LogP contribution in [0.1, 0.15) is 33.4 Å². The molecule has 4 heterocycles. The third-order valence-corrected chi connectivity index (χ3v) is 6.32. The van der Waals surface area contributed by atoms with Crippen LogP contribution in [-0.4, -0.2) is 26.4 Å². The first-order valence-corrected chi connectivity index (χ1v) is 9.82. The number of hydrogen-bond acceptors (Lipinski definition) is 4. The maximum absolute atomic E-state index is 4.71. The molecule has 5 heteroatoms. The number of aromatic nitrogens is 3. The van der Waals surface area contributed by atoms with Gasteiger partial charge in [-0.2, -0.15) is 0 Å². The predicted molar refractivity (Wildman–Crippen MR) is 105 cm³/mol. The summed E-state index contributed by atoms with van der Waals surface area (Å²) >= 11 is 1.85. The minimum Gasteiger partial charge on any atom is -0.348 e. The standard InChI is InChI=1S/C21H20N4S/c1-14-8-11-26-19(14)12-25-10-7-18-20(24-13-23-18)21(25)16-4-2-6-17-15(16)5-3-9-22-17/h2-6,8-9,11,13,21H,7,10,12H2,1H3,(H,23,24)/t21-/m1/s1. The Kier molecular flexibility index (Phi) is 3.84. The van der Waals surface area contributed by atoms with E-state index in [2.05, 4.69) is 57.5 Å². The van der Waals surface area contributed by atoms with Crippen LogP contribution in [0.25, 0.3) is 10.9 Å². The molecule has 1 aliphatic heterocycles. The quantitative estimate of drug-likeness (QED) is 0.586. The van der Waals surface area contributed by atoms with Gasteiger partial charge in [0.1, 0.15) is 0 Å². The lowest BCUT2D eigenvalue weighted by molar-refractivity contribution is 0.203. The van der Waals surface area contributed by atoms with E-state index in [0.717, 1.165) is 30.7 Å². The molecule has 0 fully saturated rings. The Morgan fingerprint density at radius 1 is 1.19 bits per heavy atom. The largest absolute Gasteiger partial charge is 0.348 e. The van der Waals surface area contributed by atoms with Gasteiger partial charge in [0.25, 0.3) is 0 Å². The minimum absolute atomic E-state index is 0.152. The van der Waals surface area contributed by atoms with Gasteiger partial charge in [-0.3, -0.25) is 9.88 Å². The smallest absolute Gasteiger partial charge is 0.0926 e. The van der Waals surface area contributed by atoms with Crippen molar-refractivity contribution in [2.75, 3.05) is 6.54 Å². The molecule has 0 saturated carbocycles. The minimum atomic E-state index is 0.152. The molecule has 3 aromatic heterocycles. The molecule has 0 unspecified atom stereocenters. The molecule has 0 radical (unpaired) electrons. The number of pyridine rings is 1. The van der Waals surface area contributed by atoms with Crippen molar-refractivity contribution in [3.63, 3.8) is 0 Å². The van der Waals surface area contributed by atoms with Gasteiger partial charge < -0.3 is 4.98 Å². The molecule has 130 valence electrons. The number of benzene rings is 1. The predicted octanol–water partition coefficient (Wildman–Crippen LogP) is 4.48. The van der Waals surface area contributed by atoms with Crippen molar-refractivity contribution in [1.82, 2.24) is 19.9 Å². The van der Waals surface area contributed by atoms with Gasteiger partial charge in [-0.05, 0) is 41.6 Å². The number of rotatable bonds is 3. The van der Waals surface area contributed by atoms with E-state index < -0.39 is 0 Å². The summed E-state index contributed by atoms with van der Waals surface area (Å²) in [6, 6.07) is 13.0. The molecule has 0 aliphatic carbocycles. The summed E-state index contributed by atoms with van der Waals surface area (Å²) in [5.74, 6) is 0. The second kappa shape index (κ2) is 6.34. The fourth-order valence-electron chi connectivity index (χ4n) is 3.96. The molecular weight excluding hydrogens is 340 g/mol. The van der Waals surface area contributed by atoms with Gasteiger partial charge in [0.2, 0.25) is 0 Å². The van der Waals surface area contributed by atoms with Crippen LogP contribution in [0.2, 0.25) is 0 Å². The van der Waals surface area contributed by atoms with Gasteiger partial charge in [0.15, 0.2) is 0 Å². The van der Waals surface area contributed by atoms with Gasteiger partial charge in [-0.25, -0.2) is 4.98 Å². The molecule has 4 nitrogen and oxygen atoms in total. The van der Waals surface area contributed by atoms with Crippen molar-refractivity contribution < 1.29 is 0 Å². The highest BCUT2D eigenvalue weighted by atomic mass is 32.1. The highest BCUT2D eigenvalue weighted by molar-refractivity contribution is 7.10. The molecule has 1 atom stereocenters. The lowest BCUT2D eigenvalue weighted by Crippen LogP contribution is -2.35. The van der Waals surface area contributed by atoms with E-state index in [1.54, 1.807) is 0 Å². The molecule has 0 spiro atoms. The zero-order chi connectivity index (χ0) is 17.5. The zero-order valence-corrected chi connectivity index (χ0v) is 15.5. The van der Waals surface area contributed by atoms with E-state index in [9.17, 15) is 0 Å². The topological polar surface area (TPSA) is 44.8 Å². The fraction of sp³-hybridized carbons (Fsp3) is 0.238. The molecular formula is C21H20N4S. The van der Waals surface area contributed by atoms with E-state index in [1.807, 2.05) is 29.9 Å². The fourth-order valence-corrected chi connectivity index (χ4v) is 4.89. The van der Waals surface area contributed by atoms with Crippen molar-refractivity contribution in [3.05, 3.63) is 81.7 Å². The molecule has 1 aromatic carbocycles. The van der Waals surface area contributed by atoms with Crippen LogP contribution in [0.4, 0.5) is 0 Å². The Morgan fingerprint density at radius 3 is 3.04 bits per heavy atom. The highest BCUT2D eigenvalue weighted by Gasteiger charge is 2.32. The zero-order valence-electron chi connectivity index (χ0n) is 14.6. The Bertz CT molecular complexity index is 1060. The van der Waals surface area contributed by atoms with E-state index in [-0.39, 0.29) is 6.04 Å². The summed E-state index contributed by atoms with van der Waals surface area (Å²) in [4.78, 5) is 16.6. The lowest BCUT2D eigenvalue weighted by atomic mass is 9.92. The molecule has 26 heavy (non-hydrogen) atoms. The molecule has 5 rings (SSSR count). The Morgan fingerprint density at radius 2 is 2.15 bits per heavy atom. The van der Waals surface area contributed by atoms with Crippen LogP contribution >= 0.6 is 11.3 Å². The average Bonchev–Trinajstić information content (AvgIpc) is 3.30. The van der Waals surface area contributed by atoms with Crippen molar-refractivity contribution in [2.24, 2.45) is 0 Å². The van der Waals surface area contributed by atoms with Crippen molar-refractivity contribution in [1.29, 1.82) is 0 Å². The second-order valence-corrected chi connectivity index (χ2v) is 7.83. The normalized spacial score (nSPS) is 17.5. The number of thiophene rings is 1. The second-order valence-electron chi connectivity index (χ2n) is 6.83. The van der Waals surface area contributed by atoms with Gasteiger partial charge in [-0.15, -0.1) is 11.3 Å². The number of nitrogens with one attached hydrogen (secondary N) is 1. The van der Waals surface area contributed by atoms with Crippen LogP contribution in [0.5, 0.6) is 0 Å². The summed E-state index contributed by atoms with van der Waals surface area (Å²) < 4.78 is 0. The Labute approximate surface area is 156 Å². The summed E-state index contributed by atoms with van der Waals surface area (Å²) in [7, 11) is 0. The Balaban J connectivity index is 1.65. The first-order chi connectivity index (χ1) is 12.8. The number of H-pyrrole nitrogens is 1. The number of aryl methyl sites for hydroxylation is 1. The van der Waals surface area contributed by atoms with Crippen LogP contribution in [0, 0.1) is 6.92 Å². The molecule has 0 bridgehead atoms. The van der Waals surface area contributed by atoms with Gasteiger partial charge in [-0.1, -0.05) is 18.2 Å². The highest BCUT2D eigenvalue weighted by Crippen LogP contribution is 2.38. The van der Waals surface area contributed by atoms with E-state index in [0.29, 0.717) is 0 Å².